The number of hydrogen-bond acceptors (Lipinski definition) is 3. The Morgan fingerprint density at radius 1 is 1.33 bits per heavy atom. The second-order valence-corrected chi connectivity index (χ2v) is 5.68. The van der Waals surface area contributed by atoms with Gasteiger partial charge < -0.3 is 10.1 Å². The second-order valence-electron chi connectivity index (χ2n) is 5.27. The molecule has 1 saturated heterocycles. The molecule has 0 unspecified atom stereocenters. The van der Waals surface area contributed by atoms with Gasteiger partial charge in [0, 0.05) is 25.1 Å². The fourth-order valence-corrected chi connectivity index (χ4v) is 2.79. The average Bonchev–Trinajstić information content (AvgIpc) is 2.53. The molecule has 4 nitrogen and oxygen atoms in total. The van der Waals surface area contributed by atoms with Gasteiger partial charge in [-0.05, 0) is 30.9 Å². The number of rotatable bonds is 3. The number of amides is 1. The van der Waals surface area contributed by atoms with Crippen molar-refractivity contribution in [3.63, 3.8) is 0 Å². The number of carbonyl (C=O) groups is 1. The Kier molecular flexibility index (Phi) is 4.36. The maximum absolute atomic E-state index is 12.2. The van der Waals surface area contributed by atoms with E-state index in [9.17, 15) is 4.79 Å². The number of para-hydroxylation sites is 1. The Morgan fingerprint density at radius 2 is 2.10 bits per heavy atom. The zero-order chi connectivity index (χ0) is 14.7. The predicted octanol–water partition coefficient (Wildman–Crippen LogP) is 3.04. The molecule has 1 fully saturated rings. The lowest BCUT2D eigenvalue weighted by Gasteiger charge is -2.22. The summed E-state index contributed by atoms with van der Waals surface area (Å²) < 4.78 is 5.31. The highest BCUT2D eigenvalue weighted by Gasteiger charge is 2.16. The summed E-state index contributed by atoms with van der Waals surface area (Å²) in [5.41, 5.74) is 1.10. The van der Waals surface area contributed by atoms with E-state index in [1.807, 2.05) is 24.3 Å². The highest BCUT2D eigenvalue weighted by molar-refractivity contribution is 6.35. The van der Waals surface area contributed by atoms with Gasteiger partial charge in [-0.15, -0.1) is 0 Å². The number of hydrogen-bond donors (Lipinski definition) is 1. The van der Waals surface area contributed by atoms with Crippen LogP contribution in [0.15, 0.2) is 30.3 Å². The lowest BCUT2D eigenvalue weighted by molar-refractivity contribution is 0.0642. The average molecular weight is 305 g/mol. The summed E-state index contributed by atoms with van der Waals surface area (Å²) in [6, 6.07) is 9.17. The van der Waals surface area contributed by atoms with Gasteiger partial charge in [-0.3, -0.25) is 4.79 Å². The van der Waals surface area contributed by atoms with Crippen molar-refractivity contribution in [2.24, 2.45) is 5.92 Å². The van der Waals surface area contributed by atoms with Crippen LogP contribution >= 0.6 is 11.6 Å². The molecule has 21 heavy (non-hydrogen) atoms. The Bertz CT molecular complexity index is 654. The first kappa shape index (κ1) is 14.3. The van der Waals surface area contributed by atoms with E-state index in [1.54, 1.807) is 6.07 Å². The first-order chi connectivity index (χ1) is 10.2. The van der Waals surface area contributed by atoms with E-state index in [2.05, 4.69) is 10.3 Å². The zero-order valence-corrected chi connectivity index (χ0v) is 12.4. The van der Waals surface area contributed by atoms with E-state index in [0.717, 1.165) is 37.0 Å². The number of carbonyl (C=O) groups excluding carboxylic acids is 1. The topological polar surface area (TPSA) is 51.2 Å². The summed E-state index contributed by atoms with van der Waals surface area (Å²) in [5, 5.41) is 4.36. The maximum atomic E-state index is 12.2. The van der Waals surface area contributed by atoms with Crippen LogP contribution in [0.25, 0.3) is 10.9 Å². The van der Waals surface area contributed by atoms with E-state index in [0.29, 0.717) is 23.2 Å². The van der Waals surface area contributed by atoms with Gasteiger partial charge in [-0.1, -0.05) is 29.8 Å². The number of benzene rings is 1. The standard InChI is InChI=1S/C16H17ClN2O2/c17-13-9-15(19-14-4-2-1-3-12(13)14)16(20)18-10-11-5-7-21-8-6-11/h1-4,9,11H,5-8,10H2,(H,18,20). The number of nitrogens with zero attached hydrogens (tertiary/aromatic N) is 1. The van der Waals surface area contributed by atoms with Gasteiger partial charge in [0.15, 0.2) is 0 Å². The fourth-order valence-electron chi connectivity index (χ4n) is 2.53. The number of ether oxygens (including phenoxy) is 1. The molecule has 2 heterocycles. The normalized spacial score (nSPS) is 16.0. The van der Waals surface area contributed by atoms with Gasteiger partial charge in [0.1, 0.15) is 5.69 Å². The summed E-state index contributed by atoms with van der Waals surface area (Å²) in [5.74, 6) is 0.313. The molecule has 0 bridgehead atoms. The van der Waals surface area contributed by atoms with Crippen LogP contribution in [0, 0.1) is 5.92 Å². The van der Waals surface area contributed by atoms with E-state index in [1.165, 1.54) is 0 Å². The Morgan fingerprint density at radius 3 is 2.90 bits per heavy atom. The number of pyridine rings is 1. The first-order valence-electron chi connectivity index (χ1n) is 7.15. The Balaban J connectivity index is 1.72. The molecule has 2 aromatic rings. The first-order valence-corrected chi connectivity index (χ1v) is 7.53. The van der Waals surface area contributed by atoms with Gasteiger partial charge >= 0.3 is 0 Å². The molecule has 1 aliphatic rings. The van der Waals surface area contributed by atoms with Crippen molar-refractivity contribution in [2.75, 3.05) is 19.8 Å². The predicted molar refractivity (Wildman–Crippen MR) is 82.6 cm³/mol. The third-order valence-electron chi connectivity index (χ3n) is 3.79. The molecular weight excluding hydrogens is 288 g/mol. The van der Waals surface area contributed by atoms with Gasteiger partial charge in [0.2, 0.25) is 0 Å². The minimum Gasteiger partial charge on any atom is -0.381 e. The Hall–Kier alpha value is -1.65. The van der Waals surface area contributed by atoms with Crippen molar-refractivity contribution in [3.05, 3.63) is 41.0 Å². The summed E-state index contributed by atoms with van der Waals surface area (Å²) in [4.78, 5) is 16.6. The number of fused-ring (bicyclic) bond motifs is 1. The van der Waals surface area contributed by atoms with Crippen LogP contribution in [-0.2, 0) is 4.74 Å². The van der Waals surface area contributed by atoms with Crippen LogP contribution < -0.4 is 5.32 Å². The van der Waals surface area contributed by atoms with Crippen molar-refractivity contribution in [3.8, 4) is 0 Å². The minimum atomic E-state index is -0.172. The fraction of sp³-hybridized carbons (Fsp3) is 0.375. The van der Waals surface area contributed by atoms with Gasteiger partial charge in [-0.2, -0.15) is 0 Å². The number of aromatic nitrogens is 1. The van der Waals surface area contributed by atoms with Crippen LogP contribution in [0.3, 0.4) is 0 Å². The highest BCUT2D eigenvalue weighted by atomic mass is 35.5. The van der Waals surface area contributed by atoms with Crippen molar-refractivity contribution in [1.29, 1.82) is 0 Å². The molecule has 1 aliphatic heterocycles. The van der Waals surface area contributed by atoms with Crippen molar-refractivity contribution in [1.82, 2.24) is 10.3 Å². The van der Waals surface area contributed by atoms with Crippen molar-refractivity contribution in [2.45, 2.75) is 12.8 Å². The molecule has 5 heteroatoms. The molecular formula is C16H17ClN2O2. The lowest BCUT2D eigenvalue weighted by Crippen LogP contribution is -2.32. The SMILES string of the molecule is O=C(NCC1CCOCC1)c1cc(Cl)c2ccccc2n1. The molecule has 1 aromatic carbocycles. The third-order valence-corrected chi connectivity index (χ3v) is 4.10. The van der Waals surface area contributed by atoms with Crippen molar-refractivity contribution >= 4 is 28.4 Å². The van der Waals surface area contributed by atoms with Crippen LogP contribution in [0.2, 0.25) is 5.02 Å². The monoisotopic (exact) mass is 304 g/mol. The second kappa shape index (κ2) is 6.41. The summed E-state index contributed by atoms with van der Waals surface area (Å²) in [6.07, 6.45) is 1.98. The molecule has 1 amide bonds. The number of halogens is 1. The summed E-state index contributed by atoms with van der Waals surface area (Å²) in [6.45, 7) is 2.22. The molecule has 0 spiro atoms. The maximum Gasteiger partial charge on any atom is 0.269 e. The Labute approximate surface area is 128 Å². The molecule has 0 atom stereocenters. The van der Waals surface area contributed by atoms with Crippen LogP contribution in [0.1, 0.15) is 23.3 Å². The molecule has 0 saturated carbocycles. The largest absolute Gasteiger partial charge is 0.381 e. The van der Waals surface area contributed by atoms with E-state index >= 15 is 0 Å². The summed E-state index contributed by atoms with van der Waals surface area (Å²) in [7, 11) is 0. The van der Waals surface area contributed by atoms with Crippen LogP contribution in [0.4, 0.5) is 0 Å². The van der Waals surface area contributed by atoms with Gasteiger partial charge in [0.25, 0.3) is 5.91 Å². The van der Waals surface area contributed by atoms with E-state index in [4.69, 9.17) is 16.3 Å². The lowest BCUT2D eigenvalue weighted by atomic mass is 10.0. The number of nitrogens with one attached hydrogen (secondary N) is 1. The minimum absolute atomic E-state index is 0.172. The van der Waals surface area contributed by atoms with Gasteiger partial charge in [0.05, 0.1) is 10.5 Å². The zero-order valence-electron chi connectivity index (χ0n) is 11.6. The van der Waals surface area contributed by atoms with Crippen LogP contribution in [-0.4, -0.2) is 30.6 Å². The third kappa shape index (κ3) is 3.34. The molecule has 1 aromatic heterocycles. The van der Waals surface area contributed by atoms with Gasteiger partial charge in [-0.25, -0.2) is 4.98 Å². The van der Waals surface area contributed by atoms with Crippen molar-refractivity contribution < 1.29 is 9.53 Å². The quantitative estimate of drug-likeness (QED) is 0.948. The molecule has 110 valence electrons. The molecule has 1 N–H and O–H groups in total. The molecule has 0 aliphatic carbocycles. The van der Waals surface area contributed by atoms with E-state index < -0.39 is 0 Å². The molecule has 3 rings (SSSR count). The van der Waals surface area contributed by atoms with Crippen LogP contribution in [0.5, 0.6) is 0 Å². The van der Waals surface area contributed by atoms with E-state index in [-0.39, 0.29) is 5.91 Å². The smallest absolute Gasteiger partial charge is 0.269 e. The molecule has 0 radical (unpaired) electrons. The highest BCUT2D eigenvalue weighted by Crippen LogP contribution is 2.22. The summed E-state index contributed by atoms with van der Waals surface area (Å²) >= 11 is 6.22.